The maximum Gasteiger partial charge on any atom is 0.393 e. The molecule has 0 aliphatic carbocycles. The minimum atomic E-state index is -4.43. The molecule has 0 spiro atoms. The number of carbonyl (C=O) groups excluding carboxylic acids is 2. The predicted octanol–water partition coefficient (Wildman–Crippen LogP) is 2.53. The van der Waals surface area contributed by atoms with Crippen LogP contribution in [0.4, 0.5) is 18.9 Å². The van der Waals surface area contributed by atoms with Crippen LogP contribution in [0.1, 0.15) is 24.8 Å². The summed E-state index contributed by atoms with van der Waals surface area (Å²) in [6, 6.07) is 7.92. The molecule has 1 aromatic carbocycles. The van der Waals surface area contributed by atoms with Crippen molar-refractivity contribution in [3.63, 3.8) is 0 Å². The van der Waals surface area contributed by atoms with Gasteiger partial charge in [-0.15, -0.1) is 0 Å². The van der Waals surface area contributed by atoms with E-state index >= 15 is 0 Å². The van der Waals surface area contributed by atoms with Crippen LogP contribution in [0.15, 0.2) is 30.5 Å². The molecule has 2 aromatic rings. The SMILES string of the molecule is CN1CCN(C(=O)CCC(=O)NC2CC(C(F)(F)F)CN(c3ccc(C#N)c4ncccc34)C2)CC1. The number of anilines is 1. The van der Waals surface area contributed by atoms with Crippen LogP contribution in [0, 0.1) is 17.2 Å². The van der Waals surface area contributed by atoms with Crippen LogP contribution >= 0.6 is 0 Å². The summed E-state index contributed by atoms with van der Waals surface area (Å²) in [6.45, 7) is 2.68. The Hall–Kier alpha value is -3.39. The Kier molecular flexibility index (Phi) is 7.64. The van der Waals surface area contributed by atoms with Gasteiger partial charge in [0.1, 0.15) is 6.07 Å². The van der Waals surface area contributed by atoms with E-state index in [1.807, 2.05) is 7.05 Å². The lowest BCUT2D eigenvalue weighted by molar-refractivity contribution is -0.178. The first-order valence-corrected chi connectivity index (χ1v) is 12.0. The van der Waals surface area contributed by atoms with Crippen LogP contribution in [-0.2, 0) is 9.59 Å². The van der Waals surface area contributed by atoms with Gasteiger partial charge in [0.25, 0.3) is 0 Å². The number of hydrogen-bond acceptors (Lipinski definition) is 6. The summed E-state index contributed by atoms with van der Waals surface area (Å²) < 4.78 is 41.4. The number of nitrogens with zero attached hydrogens (tertiary/aromatic N) is 5. The molecular weight excluding hydrogens is 473 g/mol. The minimum Gasteiger partial charge on any atom is -0.368 e. The Bertz CT molecular complexity index is 1160. The second kappa shape index (κ2) is 10.7. The molecule has 2 aliphatic heterocycles. The Balaban J connectivity index is 1.46. The van der Waals surface area contributed by atoms with Crippen molar-refractivity contribution in [1.29, 1.82) is 5.26 Å². The first-order valence-electron chi connectivity index (χ1n) is 12.0. The topological polar surface area (TPSA) is 92.6 Å². The van der Waals surface area contributed by atoms with Gasteiger partial charge in [-0.05, 0) is 37.7 Å². The van der Waals surface area contributed by atoms with E-state index in [0.717, 1.165) is 13.1 Å². The highest BCUT2D eigenvalue weighted by Gasteiger charge is 2.45. The fourth-order valence-corrected chi connectivity index (χ4v) is 4.90. The summed E-state index contributed by atoms with van der Waals surface area (Å²) in [6.07, 6.45) is -3.17. The van der Waals surface area contributed by atoms with Crippen LogP contribution in [0.25, 0.3) is 10.9 Å². The molecule has 11 heteroatoms. The molecule has 0 radical (unpaired) electrons. The number of piperazine rings is 1. The third-order valence-electron chi connectivity index (χ3n) is 6.91. The summed E-state index contributed by atoms with van der Waals surface area (Å²) in [7, 11) is 1.98. The zero-order chi connectivity index (χ0) is 25.9. The normalized spacial score (nSPS) is 21.3. The number of aromatic nitrogens is 1. The lowest BCUT2D eigenvalue weighted by Gasteiger charge is -2.40. The number of alkyl halides is 3. The van der Waals surface area contributed by atoms with Gasteiger partial charge in [0.05, 0.1) is 17.0 Å². The molecule has 4 rings (SSSR count). The zero-order valence-corrected chi connectivity index (χ0v) is 20.1. The second-order valence-corrected chi connectivity index (χ2v) is 9.47. The van der Waals surface area contributed by atoms with E-state index in [1.165, 1.54) is 6.20 Å². The number of benzene rings is 1. The van der Waals surface area contributed by atoms with Crippen LogP contribution in [0.5, 0.6) is 0 Å². The third-order valence-corrected chi connectivity index (χ3v) is 6.91. The average molecular weight is 503 g/mol. The van der Waals surface area contributed by atoms with E-state index in [4.69, 9.17) is 0 Å². The number of piperidine rings is 1. The number of pyridine rings is 1. The molecule has 2 unspecified atom stereocenters. The van der Waals surface area contributed by atoms with E-state index in [0.29, 0.717) is 35.2 Å². The van der Waals surface area contributed by atoms with Crippen LogP contribution in [-0.4, -0.2) is 85.1 Å². The summed E-state index contributed by atoms with van der Waals surface area (Å²) in [5.74, 6) is -2.18. The fraction of sp³-hybridized carbons (Fsp3) is 0.520. The molecule has 1 N–H and O–H groups in total. The van der Waals surface area contributed by atoms with Gasteiger partial charge in [-0.1, -0.05) is 0 Å². The van der Waals surface area contributed by atoms with Crippen molar-refractivity contribution < 1.29 is 22.8 Å². The van der Waals surface area contributed by atoms with E-state index in [2.05, 4.69) is 21.3 Å². The predicted molar refractivity (Wildman–Crippen MR) is 128 cm³/mol. The number of amides is 2. The summed E-state index contributed by atoms with van der Waals surface area (Å²) >= 11 is 0. The molecule has 0 bridgehead atoms. The van der Waals surface area contributed by atoms with Crippen LogP contribution in [0.3, 0.4) is 0 Å². The lowest BCUT2D eigenvalue weighted by atomic mass is 9.92. The Morgan fingerprint density at radius 3 is 2.58 bits per heavy atom. The van der Waals surface area contributed by atoms with E-state index < -0.39 is 24.0 Å². The molecule has 36 heavy (non-hydrogen) atoms. The summed E-state index contributed by atoms with van der Waals surface area (Å²) in [4.78, 5) is 34.7. The molecule has 0 saturated carbocycles. The molecular formula is C25H29F3N6O2. The van der Waals surface area contributed by atoms with Crippen molar-refractivity contribution in [1.82, 2.24) is 20.1 Å². The maximum atomic E-state index is 13.8. The zero-order valence-electron chi connectivity index (χ0n) is 20.1. The van der Waals surface area contributed by atoms with Gasteiger partial charge >= 0.3 is 6.18 Å². The molecule has 1 aromatic heterocycles. The molecule has 2 atom stereocenters. The molecule has 2 aliphatic rings. The monoisotopic (exact) mass is 502 g/mol. The van der Waals surface area contributed by atoms with Crippen molar-refractivity contribution in [3.8, 4) is 6.07 Å². The Morgan fingerprint density at radius 2 is 1.89 bits per heavy atom. The van der Waals surface area contributed by atoms with E-state index in [-0.39, 0.29) is 38.3 Å². The minimum absolute atomic E-state index is 0.0284. The number of nitriles is 1. The smallest absolute Gasteiger partial charge is 0.368 e. The molecule has 192 valence electrons. The number of hydrogen-bond donors (Lipinski definition) is 1. The first-order chi connectivity index (χ1) is 17.2. The van der Waals surface area contributed by atoms with Gasteiger partial charge in [0, 0.05) is 75.4 Å². The number of halogens is 3. The first kappa shape index (κ1) is 25.7. The number of nitrogens with one attached hydrogen (secondary N) is 1. The van der Waals surface area contributed by atoms with Gasteiger partial charge in [-0.3, -0.25) is 14.6 Å². The van der Waals surface area contributed by atoms with Crippen LogP contribution in [0.2, 0.25) is 0 Å². The largest absolute Gasteiger partial charge is 0.393 e. The molecule has 3 heterocycles. The fourth-order valence-electron chi connectivity index (χ4n) is 4.90. The van der Waals surface area contributed by atoms with Gasteiger partial charge in [0.2, 0.25) is 11.8 Å². The quantitative estimate of drug-likeness (QED) is 0.676. The van der Waals surface area contributed by atoms with Gasteiger partial charge < -0.3 is 20.0 Å². The molecule has 8 nitrogen and oxygen atoms in total. The molecule has 2 saturated heterocycles. The number of carbonyl (C=O) groups is 2. The highest BCUT2D eigenvalue weighted by atomic mass is 19.4. The third kappa shape index (κ3) is 5.87. The van der Waals surface area contributed by atoms with Crippen molar-refractivity contribution in [2.75, 3.05) is 51.2 Å². The Labute approximate surface area is 207 Å². The van der Waals surface area contributed by atoms with Crippen molar-refractivity contribution in [3.05, 3.63) is 36.0 Å². The number of likely N-dealkylation sites (N-methyl/N-ethyl adjacent to an activating group) is 1. The standard InChI is InChI=1S/C25H29F3N6O2/c1-32-9-11-33(12-10-32)23(36)7-6-22(35)31-19-13-18(25(26,27)28)15-34(16-19)21-5-4-17(14-29)24-20(21)3-2-8-30-24/h2-5,8,18-19H,6-7,9-13,15-16H2,1H3,(H,31,35). The van der Waals surface area contributed by atoms with E-state index in [1.54, 1.807) is 34.1 Å². The number of rotatable bonds is 5. The summed E-state index contributed by atoms with van der Waals surface area (Å²) in [5.41, 5.74) is 1.30. The second-order valence-electron chi connectivity index (χ2n) is 9.47. The summed E-state index contributed by atoms with van der Waals surface area (Å²) in [5, 5.41) is 12.7. The van der Waals surface area contributed by atoms with Gasteiger partial charge in [-0.2, -0.15) is 18.4 Å². The highest BCUT2D eigenvalue weighted by Crippen LogP contribution is 2.37. The van der Waals surface area contributed by atoms with E-state index in [9.17, 15) is 28.0 Å². The highest BCUT2D eigenvalue weighted by molar-refractivity contribution is 5.95. The van der Waals surface area contributed by atoms with Crippen molar-refractivity contribution in [2.45, 2.75) is 31.5 Å². The lowest BCUT2D eigenvalue weighted by Crippen LogP contribution is -2.54. The Morgan fingerprint density at radius 1 is 1.14 bits per heavy atom. The van der Waals surface area contributed by atoms with Crippen LogP contribution < -0.4 is 10.2 Å². The molecule has 2 amide bonds. The average Bonchev–Trinajstić information content (AvgIpc) is 2.86. The molecule has 2 fully saturated rings. The number of fused-ring (bicyclic) bond motifs is 1. The van der Waals surface area contributed by atoms with Gasteiger partial charge in [-0.25, -0.2) is 0 Å². The van der Waals surface area contributed by atoms with Crippen molar-refractivity contribution in [2.24, 2.45) is 5.92 Å². The van der Waals surface area contributed by atoms with Gasteiger partial charge in [0.15, 0.2) is 0 Å². The van der Waals surface area contributed by atoms with Crippen molar-refractivity contribution >= 4 is 28.4 Å². The maximum absolute atomic E-state index is 13.8.